The highest BCUT2D eigenvalue weighted by molar-refractivity contribution is 5.68. The molecule has 1 aliphatic rings. The molecule has 26 heavy (non-hydrogen) atoms. The van der Waals surface area contributed by atoms with Gasteiger partial charge in [0, 0.05) is 44.3 Å². The fourth-order valence-corrected chi connectivity index (χ4v) is 2.65. The molecule has 0 amide bonds. The molecule has 1 N–H and O–H groups in total. The maximum Gasteiger partial charge on any atom is 0.419 e. The zero-order valence-electron chi connectivity index (χ0n) is 14.1. The van der Waals surface area contributed by atoms with E-state index in [4.69, 9.17) is 0 Å². The number of hydrogen-bond donors (Lipinski definition) is 1. The Morgan fingerprint density at radius 3 is 2.35 bits per heavy atom. The number of nitrogens with zero attached hydrogens (tertiary/aromatic N) is 5. The number of hydrogen-bond acceptors (Lipinski definition) is 6. The number of halogens is 3. The van der Waals surface area contributed by atoms with Crippen molar-refractivity contribution in [1.29, 1.82) is 5.26 Å². The maximum atomic E-state index is 12.6. The van der Waals surface area contributed by atoms with Crippen LogP contribution in [0.25, 0.3) is 0 Å². The van der Waals surface area contributed by atoms with E-state index in [0.717, 1.165) is 31.9 Å². The second kappa shape index (κ2) is 7.17. The van der Waals surface area contributed by atoms with Gasteiger partial charge in [0.1, 0.15) is 6.07 Å². The first-order chi connectivity index (χ1) is 12.4. The van der Waals surface area contributed by atoms with Crippen molar-refractivity contribution in [2.24, 2.45) is 0 Å². The number of likely N-dealkylation sites (N-methyl/N-ethyl adjacent to an activating group) is 1. The maximum absolute atomic E-state index is 12.6. The molecule has 0 atom stereocenters. The van der Waals surface area contributed by atoms with Gasteiger partial charge < -0.3 is 15.1 Å². The third-order valence-electron chi connectivity index (χ3n) is 4.22. The van der Waals surface area contributed by atoms with E-state index in [2.05, 4.69) is 38.2 Å². The first kappa shape index (κ1) is 17.9. The summed E-state index contributed by atoms with van der Waals surface area (Å²) in [6, 6.07) is 7.46. The SMILES string of the molecule is CN1CCN(c2ccc(Nc3ncc(C(F)(F)F)cn3)c(C#N)c2)CC1. The predicted molar refractivity (Wildman–Crippen MR) is 91.2 cm³/mol. The fourth-order valence-electron chi connectivity index (χ4n) is 2.65. The number of alkyl halides is 3. The lowest BCUT2D eigenvalue weighted by atomic mass is 10.1. The number of rotatable bonds is 3. The minimum atomic E-state index is -4.49. The van der Waals surface area contributed by atoms with Gasteiger partial charge in [-0.25, -0.2) is 9.97 Å². The molecule has 0 spiro atoms. The van der Waals surface area contributed by atoms with E-state index in [1.54, 1.807) is 12.1 Å². The van der Waals surface area contributed by atoms with E-state index in [-0.39, 0.29) is 5.95 Å². The van der Waals surface area contributed by atoms with Crippen molar-refractivity contribution >= 4 is 17.3 Å². The third-order valence-corrected chi connectivity index (χ3v) is 4.22. The molecule has 0 bridgehead atoms. The van der Waals surface area contributed by atoms with Crippen LogP contribution in [0.1, 0.15) is 11.1 Å². The number of benzene rings is 1. The van der Waals surface area contributed by atoms with Gasteiger partial charge in [-0.3, -0.25) is 0 Å². The highest BCUT2D eigenvalue weighted by Gasteiger charge is 2.31. The second-order valence-electron chi connectivity index (χ2n) is 6.05. The third kappa shape index (κ3) is 4.03. The standard InChI is InChI=1S/C17H17F3N6/c1-25-4-6-26(7-5-25)14-2-3-15(12(8-14)9-21)24-16-22-10-13(11-23-16)17(18,19)20/h2-3,8,10-11H,4-7H2,1H3,(H,22,23,24). The molecule has 1 aromatic carbocycles. The number of piperazine rings is 1. The zero-order valence-corrected chi connectivity index (χ0v) is 14.1. The lowest BCUT2D eigenvalue weighted by Gasteiger charge is -2.34. The van der Waals surface area contributed by atoms with Crippen LogP contribution in [0.3, 0.4) is 0 Å². The van der Waals surface area contributed by atoms with E-state index in [1.807, 2.05) is 6.07 Å². The molecule has 9 heteroatoms. The molecule has 6 nitrogen and oxygen atoms in total. The van der Waals surface area contributed by atoms with E-state index < -0.39 is 11.7 Å². The van der Waals surface area contributed by atoms with Crippen LogP contribution in [0.15, 0.2) is 30.6 Å². The van der Waals surface area contributed by atoms with Crippen LogP contribution in [-0.2, 0) is 6.18 Å². The molecular formula is C17H17F3N6. The van der Waals surface area contributed by atoms with Crippen LogP contribution in [0, 0.1) is 11.3 Å². The fraction of sp³-hybridized carbons (Fsp3) is 0.353. The minimum Gasteiger partial charge on any atom is -0.369 e. The summed E-state index contributed by atoms with van der Waals surface area (Å²) in [4.78, 5) is 11.8. The summed E-state index contributed by atoms with van der Waals surface area (Å²) >= 11 is 0. The van der Waals surface area contributed by atoms with E-state index in [9.17, 15) is 18.4 Å². The van der Waals surface area contributed by atoms with Crippen molar-refractivity contribution in [3.8, 4) is 6.07 Å². The van der Waals surface area contributed by atoms with Crippen LogP contribution >= 0.6 is 0 Å². The molecule has 2 aromatic rings. The van der Waals surface area contributed by atoms with E-state index >= 15 is 0 Å². The Morgan fingerprint density at radius 2 is 1.77 bits per heavy atom. The molecule has 0 unspecified atom stereocenters. The minimum absolute atomic E-state index is 0.00171. The van der Waals surface area contributed by atoms with Crippen LogP contribution < -0.4 is 10.2 Å². The normalized spacial score (nSPS) is 15.6. The summed E-state index contributed by atoms with van der Waals surface area (Å²) in [5.41, 5.74) is 0.845. The van der Waals surface area contributed by atoms with Crippen LogP contribution in [0.5, 0.6) is 0 Å². The zero-order chi connectivity index (χ0) is 18.7. The van der Waals surface area contributed by atoms with Gasteiger partial charge in [0.2, 0.25) is 5.95 Å². The molecule has 136 valence electrons. The van der Waals surface area contributed by atoms with E-state index in [0.29, 0.717) is 23.6 Å². The number of nitriles is 1. The molecule has 1 fully saturated rings. The van der Waals surface area contributed by atoms with Crippen LogP contribution in [0.4, 0.5) is 30.5 Å². The van der Waals surface area contributed by atoms with Crippen molar-refractivity contribution in [1.82, 2.24) is 14.9 Å². The number of aromatic nitrogens is 2. The van der Waals surface area contributed by atoms with E-state index in [1.165, 1.54) is 0 Å². The van der Waals surface area contributed by atoms with Gasteiger partial charge in [0.05, 0.1) is 16.8 Å². The molecule has 1 aromatic heterocycles. The highest BCUT2D eigenvalue weighted by atomic mass is 19.4. The molecule has 0 saturated carbocycles. The lowest BCUT2D eigenvalue weighted by Crippen LogP contribution is -2.44. The Kier molecular flexibility index (Phi) is 4.95. The van der Waals surface area contributed by atoms with Gasteiger partial charge in [0.25, 0.3) is 0 Å². The molecule has 0 radical (unpaired) electrons. The molecule has 3 rings (SSSR count). The van der Waals surface area contributed by atoms with Crippen LogP contribution in [0.2, 0.25) is 0 Å². The molecule has 1 aliphatic heterocycles. The van der Waals surface area contributed by atoms with Crippen molar-refractivity contribution in [2.45, 2.75) is 6.18 Å². The quantitative estimate of drug-likeness (QED) is 0.906. The molecule has 0 aliphatic carbocycles. The topological polar surface area (TPSA) is 68.1 Å². The Morgan fingerprint density at radius 1 is 1.12 bits per heavy atom. The van der Waals surface area contributed by atoms with Gasteiger partial charge in [-0.15, -0.1) is 0 Å². The summed E-state index contributed by atoms with van der Waals surface area (Å²) < 4.78 is 37.7. The predicted octanol–water partition coefficient (Wildman–Crippen LogP) is 2.86. The summed E-state index contributed by atoms with van der Waals surface area (Å²) in [5, 5.41) is 12.2. The highest BCUT2D eigenvalue weighted by Crippen LogP contribution is 2.29. The average Bonchev–Trinajstić information content (AvgIpc) is 2.62. The first-order valence-electron chi connectivity index (χ1n) is 8.01. The largest absolute Gasteiger partial charge is 0.419 e. The summed E-state index contributed by atoms with van der Waals surface area (Å²) in [7, 11) is 2.06. The summed E-state index contributed by atoms with van der Waals surface area (Å²) in [5.74, 6) is 0.00171. The lowest BCUT2D eigenvalue weighted by molar-refractivity contribution is -0.138. The van der Waals surface area contributed by atoms with Crippen LogP contribution in [-0.4, -0.2) is 48.1 Å². The van der Waals surface area contributed by atoms with Gasteiger partial charge in [-0.2, -0.15) is 18.4 Å². The van der Waals surface area contributed by atoms with Gasteiger partial charge in [-0.05, 0) is 25.2 Å². The molecule has 1 saturated heterocycles. The monoisotopic (exact) mass is 362 g/mol. The van der Waals surface area contributed by atoms with Gasteiger partial charge in [-0.1, -0.05) is 0 Å². The summed E-state index contributed by atoms with van der Waals surface area (Å²) in [6.07, 6.45) is -3.07. The average molecular weight is 362 g/mol. The molecule has 2 heterocycles. The number of anilines is 3. The summed E-state index contributed by atoms with van der Waals surface area (Å²) in [6.45, 7) is 3.63. The number of nitrogens with one attached hydrogen (secondary N) is 1. The molecular weight excluding hydrogens is 345 g/mol. The van der Waals surface area contributed by atoms with Crippen molar-refractivity contribution < 1.29 is 13.2 Å². The Labute approximate surface area is 148 Å². The Balaban J connectivity index is 1.77. The first-order valence-corrected chi connectivity index (χ1v) is 8.01. The Bertz CT molecular complexity index is 805. The van der Waals surface area contributed by atoms with Crippen molar-refractivity contribution in [3.05, 3.63) is 41.7 Å². The Hall–Kier alpha value is -2.86. The van der Waals surface area contributed by atoms with Gasteiger partial charge in [0.15, 0.2) is 0 Å². The smallest absolute Gasteiger partial charge is 0.369 e. The van der Waals surface area contributed by atoms with Crippen molar-refractivity contribution in [2.75, 3.05) is 43.4 Å². The second-order valence-corrected chi connectivity index (χ2v) is 6.05. The van der Waals surface area contributed by atoms with Crippen molar-refractivity contribution in [3.63, 3.8) is 0 Å². The van der Waals surface area contributed by atoms with Gasteiger partial charge >= 0.3 is 6.18 Å².